The fraction of sp³-hybridized carbons (Fsp3) is 0.750. The van der Waals surface area contributed by atoms with Crippen molar-refractivity contribution < 1.29 is 14.7 Å². The topological polar surface area (TPSA) is 69.6 Å². The van der Waals surface area contributed by atoms with Crippen molar-refractivity contribution in [3.05, 3.63) is 0 Å². The maximum atomic E-state index is 11.3. The van der Waals surface area contributed by atoms with Gasteiger partial charge < -0.3 is 15.3 Å². The lowest BCUT2D eigenvalue weighted by molar-refractivity contribution is -0.139. The summed E-state index contributed by atoms with van der Waals surface area (Å²) in [7, 11) is 0. The third-order valence-corrected chi connectivity index (χ3v) is 1.98. The van der Waals surface area contributed by atoms with Crippen LogP contribution in [0.3, 0.4) is 0 Å². The van der Waals surface area contributed by atoms with Gasteiger partial charge in [0.2, 0.25) is 5.91 Å². The number of aliphatic hydroxyl groups is 1. The minimum Gasteiger partial charge on any atom is -0.384 e. The van der Waals surface area contributed by atoms with Crippen LogP contribution < -0.4 is 5.32 Å². The number of nitrogens with zero attached hydrogens (tertiary/aromatic N) is 1. The molecule has 2 amide bonds. The molecule has 1 atom stereocenters. The average Bonchev–Trinajstić information content (AvgIpc) is 2.28. The summed E-state index contributed by atoms with van der Waals surface area (Å²) in [6.07, 6.45) is -0.661. The van der Waals surface area contributed by atoms with E-state index >= 15 is 0 Å². The van der Waals surface area contributed by atoms with Gasteiger partial charge in [-0.15, -0.1) is 0 Å². The van der Waals surface area contributed by atoms with Gasteiger partial charge in [0.15, 0.2) is 0 Å². The molecule has 5 nitrogen and oxygen atoms in total. The molecule has 1 saturated heterocycles. The van der Waals surface area contributed by atoms with Gasteiger partial charge in [-0.05, 0) is 6.92 Å². The van der Waals surface area contributed by atoms with Gasteiger partial charge in [0, 0.05) is 26.1 Å². The van der Waals surface area contributed by atoms with Crippen molar-refractivity contribution >= 4 is 11.8 Å². The summed E-state index contributed by atoms with van der Waals surface area (Å²) in [5.74, 6) is -0.350. The predicted molar refractivity (Wildman–Crippen MR) is 45.9 cm³/mol. The summed E-state index contributed by atoms with van der Waals surface area (Å²) < 4.78 is 0. The lowest BCUT2D eigenvalue weighted by atomic mass is 10.3. The van der Waals surface area contributed by atoms with Crippen molar-refractivity contribution in [2.24, 2.45) is 0 Å². The molecule has 1 fully saturated rings. The van der Waals surface area contributed by atoms with Gasteiger partial charge in [0.1, 0.15) is 6.10 Å². The number of amides is 2. The van der Waals surface area contributed by atoms with Crippen LogP contribution in [0.15, 0.2) is 0 Å². The van der Waals surface area contributed by atoms with E-state index in [1.807, 2.05) is 0 Å². The third kappa shape index (κ3) is 2.69. The van der Waals surface area contributed by atoms with Gasteiger partial charge in [0.25, 0.3) is 5.91 Å². The maximum absolute atomic E-state index is 11.3. The molecule has 0 radical (unpaired) electrons. The van der Waals surface area contributed by atoms with Crippen LogP contribution in [0, 0.1) is 0 Å². The maximum Gasteiger partial charge on any atom is 0.251 e. The van der Waals surface area contributed by atoms with E-state index in [0.717, 1.165) is 0 Å². The third-order valence-electron chi connectivity index (χ3n) is 1.98. The van der Waals surface area contributed by atoms with E-state index in [9.17, 15) is 9.59 Å². The van der Waals surface area contributed by atoms with Crippen molar-refractivity contribution in [3.63, 3.8) is 0 Å². The fourth-order valence-corrected chi connectivity index (χ4v) is 1.25. The first-order chi connectivity index (χ1) is 6.11. The van der Waals surface area contributed by atoms with Gasteiger partial charge in [-0.3, -0.25) is 9.59 Å². The molecule has 1 rings (SSSR count). The Kier molecular flexibility index (Phi) is 3.25. The molecule has 13 heavy (non-hydrogen) atoms. The Bertz CT molecular complexity index is 215. The zero-order valence-electron chi connectivity index (χ0n) is 7.62. The SMILES string of the molecule is C[C@H](O)C(=O)N1CCNC(=O)CC1. The molecule has 0 bridgehead atoms. The quantitative estimate of drug-likeness (QED) is 0.535. The van der Waals surface area contributed by atoms with E-state index in [4.69, 9.17) is 5.11 Å². The Morgan fingerprint density at radius 3 is 2.92 bits per heavy atom. The summed E-state index contributed by atoms with van der Waals surface area (Å²) in [6.45, 7) is 2.78. The second-order valence-electron chi connectivity index (χ2n) is 3.10. The molecular formula is C8H14N2O3. The first kappa shape index (κ1) is 9.98. The Balaban J connectivity index is 2.51. The molecule has 0 aromatic carbocycles. The molecule has 0 spiro atoms. The van der Waals surface area contributed by atoms with E-state index in [1.165, 1.54) is 11.8 Å². The van der Waals surface area contributed by atoms with Crippen LogP contribution in [0.1, 0.15) is 13.3 Å². The normalized spacial score (nSPS) is 20.5. The summed E-state index contributed by atoms with van der Waals surface area (Å²) in [5, 5.41) is 11.7. The van der Waals surface area contributed by atoms with E-state index in [2.05, 4.69) is 5.32 Å². The highest BCUT2D eigenvalue weighted by atomic mass is 16.3. The molecule has 74 valence electrons. The lowest BCUT2D eigenvalue weighted by Crippen LogP contribution is -2.39. The Labute approximate surface area is 76.7 Å². The van der Waals surface area contributed by atoms with E-state index in [1.54, 1.807) is 0 Å². The van der Waals surface area contributed by atoms with E-state index in [-0.39, 0.29) is 11.8 Å². The van der Waals surface area contributed by atoms with Crippen molar-refractivity contribution in [2.75, 3.05) is 19.6 Å². The van der Waals surface area contributed by atoms with Crippen LogP contribution in [-0.2, 0) is 9.59 Å². The number of aliphatic hydroxyl groups excluding tert-OH is 1. The highest BCUT2D eigenvalue weighted by Crippen LogP contribution is 1.99. The molecule has 0 unspecified atom stereocenters. The molecule has 5 heteroatoms. The Hall–Kier alpha value is -1.10. The van der Waals surface area contributed by atoms with Crippen LogP contribution in [0.5, 0.6) is 0 Å². The first-order valence-corrected chi connectivity index (χ1v) is 4.35. The molecule has 2 N–H and O–H groups in total. The van der Waals surface area contributed by atoms with Crippen LogP contribution >= 0.6 is 0 Å². The largest absolute Gasteiger partial charge is 0.384 e. The van der Waals surface area contributed by atoms with E-state index in [0.29, 0.717) is 26.1 Å². The monoisotopic (exact) mass is 186 g/mol. The van der Waals surface area contributed by atoms with Crippen LogP contribution in [0.25, 0.3) is 0 Å². The number of nitrogens with one attached hydrogen (secondary N) is 1. The van der Waals surface area contributed by atoms with Gasteiger partial charge in [-0.1, -0.05) is 0 Å². The minimum atomic E-state index is -0.979. The van der Waals surface area contributed by atoms with Gasteiger partial charge in [-0.2, -0.15) is 0 Å². The van der Waals surface area contributed by atoms with Crippen molar-refractivity contribution in [1.82, 2.24) is 10.2 Å². The Morgan fingerprint density at radius 2 is 2.31 bits per heavy atom. The highest BCUT2D eigenvalue weighted by molar-refractivity contribution is 5.82. The number of carbonyl (C=O) groups excluding carboxylic acids is 2. The summed E-state index contributed by atoms with van der Waals surface area (Å²) in [5.41, 5.74) is 0. The van der Waals surface area contributed by atoms with Crippen molar-refractivity contribution in [2.45, 2.75) is 19.4 Å². The summed E-state index contributed by atoms with van der Waals surface area (Å²) >= 11 is 0. The molecule has 0 aliphatic carbocycles. The summed E-state index contributed by atoms with van der Waals surface area (Å²) in [6, 6.07) is 0. The molecule has 0 aromatic rings. The van der Waals surface area contributed by atoms with Gasteiger partial charge in [-0.25, -0.2) is 0 Å². The van der Waals surface area contributed by atoms with Crippen LogP contribution in [0.4, 0.5) is 0 Å². The van der Waals surface area contributed by atoms with Crippen LogP contribution in [-0.4, -0.2) is 47.6 Å². The standard InChI is InChI=1S/C8H14N2O3/c1-6(11)8(13)10-4-2-7(12)9-3-5-10/h6,11H,2-5H2,1H3,(H,9,12)/t6-/m0/s1. The second kappa shape index (κ2) is 4.23. The molecule has 0 saturated carbocycles. The zero-order valence-corrected chi connectivity index (χ0v) is 7.62. The lowest BCUT2D eigenvalue weighted by Gasteiger charge is -2.20. The van der Waals surface area contributed by atoms with Gasteiger partial charge >= 0.3 is 0 Å². The van der Waals surface area contributed by atoms with Crippen molar-refractivity contribution in [3.8, 4) is 0 Å². The first-order valence-electron chi connectivity index (χ1n) is 4.35. The summed E-state index contributed by atoms with van der Waals surface area (Å²) in [4.78, 5) is 23.7. The molecular weight excluding hydrogens is 172 g/mol. The van der Waals surface area contributed by atoms with Crippen molar-refractivity contribution in [1.29, 1.82) is 0 Å². The minimum absolute atomic E-state index is 0.0408. The zero-order chi connectivity index (χ0) is 9.84. The molecule has 1 heterocycles. The average molecular weight is 186 g/mol. The van der Waals surface area contributed by atoms with Gasteiger partial charge in [0.05, 0.1) is 0 Å². The smallest absolute Gasteiger partial charge is 0.251 e. The second-order valence-corrected chi connectivity index (χ2v) is 3.10. The molecule has 1 aliphatic rings. The number of hydrogen-bond donors (Lipinski definition) is 2. The highest BCUT2D eigenvalue weighted by Gasteiger charge is 2.21. The molecule has 0 aromatic heterocycles. The molecule has 1 aliphatic heterocycles. The Morgan fingerprint density at radius 1 is 1.62 bits per heavy atom. The van der Waals surface area contributed by atoms with E-state index < -0.39 is 6.10 Å². The van der Waals surface area contributed by atoms with Crippen LogP contribution in [0.2, 0.25) is 0 Å². The predicted octanol–water partition coefficient (Wildman–Crippen LogP) is -1.28. The number of hydrogen-bond acceptors (Lipinski definition) is 3. The number of carbonyl (C=O) groups is 2. The number of rotatable bonds is 1. The fourth-order valence-electron chi connectivity index (χ4n) is 1.25.